The molecule has 16 heavy (non-hydrogen) atoms. The van der Waals surface area contributed by atoms with E-state index in [4.69, 9.17) is 5.73 Å². The van der Waals surface area contributed by atoms with Gasteiger partial charge in [-0.1, -0.05) is 6.92 Å². The fourth-order valence-corrected chi connectivity index (χ4v) is 2.22. The first kappa shape index (κ1) is 11.1. The second-order valence-electron chi connectivity index (χ2n) is 4.10. The van der Waals surface area contributed by atoms with Crippen LogP contribution in [0, 0.1) is 11.8 Å². The molecule has 5 nitrogen and oxygen atoms in total. The number of nitrogens with zero attached hydrogens (tertiary/aromatic N) is 1. The summed E-state index contributed by atoms with van der Waals surface area (Å²) in [4.78, 5) is 26.4. The molecule has 6 heteroatoms. The van der Waals surface area contributed by atoms with Crippen LogP contribution in [-0.4, -0.2) is 16.8 Å². The van der Waals surface area contributed by atoms with Crippen molar-refractivity contribution in [3.05, 3.63) is 11.1 Å². The summed E-state index contributed by atoms with van der Waals surface area (Å²) in [5.74, 6) is 0.208. The Bertz CT molecular complexity index is 429. The van der Waals surface area contributed by atoms with Crippen molar-refractivity contribution >= 4 is 28.3 Å². The van der Waals surface area contributed by atoms with Gasteiger partial charge >= 0.3 is 0 Å². The van der Waals surface area contributed by atoms with Crippen LogP contribution in [0.15, 0.2) is 5.38 Å². The molecule has 1 heterocycles. The molecule has 1 saturated carbocycles. The number of carbonyl (C=O) groups excluding carboxylic acids is 2. The van der Waals surface area contributed by atoms with Gasteiger partial charge in [-0.3, -0.25) is 9.59 Å². The number of nitrogens with one attached hydrogen (secondary N) is 1. The van der Waals surface area contributed by atoms with Crippen molar-refractivity contribution in [2.45, 2.75) is 19.8 Å². The maximum absolute atomic E-state index is 11.6. The van der Waals surface area contributed by atoms with Crippen LogP contribution in [0.4, 0.5) is 5.13 Å². The number of aromatic nitrogens is 1. The maximum atomic E-state index is 11.6. The van der Waals surface area contributed by atoms with Crippen LogP contribution in [0.5, 0.6) is 0 Å². The Morgan fingerprint density at radius 2 is 2.38 bits per heavy atom. The molecule has 0 bridgehead atoms. The summed E-state index contributed by atoms with van der Waals surface area (Å²) in [7, 11) is 0. The van der Waals surface area contributed by atoms with Crippen LogP contribution in [-0.2, 0) is 16.0 Å². The number of rotatable bonds is 4. The molecule has 1 aromatic heterocycles. The summed E-state index contributed by atoms with van der Waals surface area (Å²) in [5.41, 5.74) is 5.66. The second-order valence-corrected chi connectivity index (χ2v) is 4.95. The normalized spacial score (nSPS) is 22.8. The third-order valence-corrected chi connectivity index (χ3v) is 3.39. The quantitative estimate of drug-likeness (QED) is 0.813. The average Bonchev–Trinajstić information content (AvgIpc) is 2.76. The van der Waals surface area contributed by atoms with Gasteiger partial charge in [0, 0.05) is 11.3 Å². The number of primary amides is 1. The summed E-state index contributed by atoms with van der Waals surface area (Å²) in [6.07, 6.45) is 1.07. The zero-order chi connectivity index (χ0) is 11.7. The first-order valence-corrected chi connectivity index (χ1v) is 5.98. The number of carbonyl (C=O) groups is 2. The van der Waals surface area contributed by atoms with Crippen LogP contribution in [0.2, 0.25) is 0 Å². The van der Waals surface area contributed by atoms with E-state index in [9.17, 15) is 9.59 Å². The van der Waals surface area contributed by atoms with Crippen LogP contribution >= 0.6 is 11.3 Å². The molecule has 2 amide bonds. The lowest BCUT2D eigenvalue weighted by molar-refractivity contribution is -0.118. The van der Waals surface area contributed by atoms with Crippen LogP contribution < -0.4 is 11.1 Å². The molecule has 0 saturated heterocycles. The van der Waals surface area contributed by atoms with E-state index in [1.807, 2.05) is 6.92 Å². The Balaban J connectivity index is 1.92. The average molecular weight is 239 g/mol. The van der Waals surface area contributed by atoms with Gasteiger partial charge in [0.2, 0.25) is 11.8 Å². The van der Waals surface area contributed by atoms with E-state index in [0.29, 0.717) is 16.7 Å². The summed E-state index contributed by atoms with van der Waals surface area (Å²) in [5, 5.41) is 5.02. The van der Waals surface area contributed by atoms with Gasteiger partial charge in [-0.25, -0.2) is 4.98 Å². The molecule has 3 N–H and O–H groups in total. The number of hydrogen-bond acceptors (Lipinski definition) is 4. The number of thiazole rings is 1. The van der Waals surface area contributed by atoms with Crippen molar-refractivity contribution in [3.63, 3.8) is 0 Å². The van der Waals surface area contributed by atoms with E-state index >= 15 is 0 Å². The van der Waals surface area contributed by atoms with Gasteiger partial charge in [0.15, 0.2) is 5.13 Å². The smallest absolute Gasteiger partial charge is 0.229 e. The highest BCUT2D eigenvalue weighted by Gasteiger charge is 2.39. The van der Waals surface area contributed by atoms with Crippen molar-refractivity contribution in [2.75, 3.05) is 5.32 Å². The van der Waals surface area contributed by atoms with Gasteiger partial charge in [-0.2, -0.15) is 0 Å². The van der Waals surface area contributed by atoms with Gasteiger partial charge in [0.25, 0.3) is 0 Å². The van der Waals surface area contributed by atoms with Crippen LogP contribution in [0.1, 0.15) is 19.0 Å². The lowest BCUT2D eigenvalue weighted by atomic mass is 10.3. The SMILES string of the molecule is CC1CC1C(=O)Nc1nc(CC(N)=O)cs1. The number of nitrogens with two attached hydrogens (primary N) is 1. The van der Waals surface area contributed by atoms with Gasteiger partial charge in [0.1, 0.15) is 0 Å². The summed E-state index contributed by atoms with van der Waals surface area (Å²) in [6.45, 7) is 2.05. The van der Waals surface area contributed by atoms with Crippen molar-refractivity contribution in [2.24, 2.45) is 17.6 Å². The zero-order valence-electron chi connectivity index (χ0n) is 8.90. The molecule has 0 aromatic carbocycles. The highest BCUT2D eigenvalue weighted by molar-refractivity contribution is 7.13. The monoisotopic (exact) mass is 239 g/mol. The summed E-state index contributed by atoms with van der Waals surface area (Å²) >= 11 is 1.32. The van der Waals surface area contributed by atoms with E-state index in [2.05, 4.69) is 10.3 Å². The molecule has 2 atom stereocenters. The Labute approximate surface area is 97.1 Å². The standard InChI is InChI=1S/C10H13N3O2S/c1-5-2-7(5)9(15)13-10-12-6(4-16-10)3-8(11)14/h4-5,7H,2-3H2,1H3,(H2,11,14)(H,12,13,15). The molecule has 1 aliphatic carbocycles. The Kier molecular flexibility index (Phi) is 2.91. The number of amides is 2. The molecule has 2 rings (SSSR count). The largest absolute Gasteiger partial charge is 0.369 e. The minimum atomic E-state index is -0.418. The van der Waals surface area contributed by atoms with E-state index < -0.39 is 5.91 Å². The molecule has 1 aliphatic rings. The molecular weight excluding hydrogens is 226 g/mol. The Morgan fingerprint density at radius 1 is 1.69 bits per heavy atom. The first-order valence-electron chi connectivity index (χ1n) is 5.10. The number of anilines is 1. The minimum absolute atomic E-state index is 0.0208. The topological polar surface area (TPSA) is 85.1 Å². The fraction of sp³-hybridized carbons (Fsp3) is 0.500. The minimum Gasteiger partial charge on any atom is -0.369 e. The van der Waals surface area contributed by atoms with Crippen molar-refractivity contribution < 1.29 is 9.59 Å². The third-order valence-electron chi connectivity index (χ3n) is 2.58. The molecule has 1 aromatic rings. The molecule has 1 fully saturated rings. The molecule has 0 spiro atoms. The lowest BCUT2D eigenvalue weighted by Crippen LogP contribution is -2.15. The van der Waals surface area contributed by atoms with Gasteiger partial charge < -0.3 is 11.1 Å². The predicted octanol–water partition coefficient (Wildman–Crippen LogP) is 0.765. The Morgan fingerprint density at radius 3 is 2.94 bits per heavy atom. The molecule has 86 valence electrons. The molecule has 2 unspecified atom stereocenters. The van der Waals surface area contributed by atoms with Crippen LogP contribution in [0.3, 0.4) is 0 Å². The van der Waals surface area contributed by atoms with Crippen molar-refractivity contribution in [3.8, 4) is 0 Å². The molecule has 0 aliphatic heterocycles. The Hall–Kier alpha value is -1.43. The highest BCUT2D eigenvalue weighted by Crippen LogP contribution is 2.38. The van der Waals surface area contributed by atoms with E-state index in [0.717, 1.165) is 6.42 Å². The fourth-order valence-electron chi connectivity index (χ4n) is 1.51. The summed E-state index contributed by atoms with van der Waals surface area (Å²) < 4.78 is 0. The molecular formula is C10H13N3O2S. The zero-order valence-corrected chi connectivity index (χ0v) is 9.71. The van der Waals surface area contributed by atoms with Crippen molar-refractivity contribution in [1.29, 1.82) is 0 Å². The predicted molar refractivity (Wildman–Crippen MR) is 60.9 cm³/mol. The van der Waals surface area contributed by atoms with Crippen molar-refractivity contribution in [1.82, 2.24) is 4.98 Å². The highest BCUT2D eigenvalue weighted by atomic mass is 32.1. The molecule has 0 radical (unpaired) electrons. The van der Waals surface area contributed by atoms with Crippen LogP contribution in [0.25, 0.3) is 0 Å². The van der Waals surface area contributed by atoms with Gasteiger partial charge in [-0.15, -0.1) is 11.3 Å². The summed E-state index contributed by atoms with van der Waals surface area (Å²) in [6, 6.07) is 0. The van der Waals surface area contributed by atoms with Gasteiger partial charge in [-0.05, 0) is 12.3 Å². The third kappa shape index (κ3) is 2.57. The lowest BCUT2D eigenvalue weighted by Gasteiger charge is -1.98. The van der Waals surface area contributed by atoms with E-state index in [1.165, 1.54) is 11.3 Å². The van der Waals surface area contributed by atoms with E-state index in [-0.39, 0.29) is 18.2 Å². The second kappa shape index (κ2) is 4.21. The first-order chi connectivity index (χ1) is 7.56. The van der Waals surface area contributed by atoms with E-state index in [1.54, 1.807) is 5.38 Å². The number of hydrogen-bond donors (Lipinski definition) is 2. The maximum Gasteiger partial charge on any atom is 0.229 e. The van der Waals surface area contributed by atoms with Gasteiger partial charge in [0.05, 0.1) is 12.1 Å².